The van der Waals surface area contributed by atoms with Gasteiger partial charge in [-0.2, -0.15) is 0 Å². The quantitative estimate of drug-likeness (QED) is 0.474. The lowest BCUT2D eigenvalue weighted by atomic mass is 10.2. The average Bonchev–Trinajstić information content (AvgIpc) is 2.35. The molecular weight excluding hydrogens is 304 g/mol. The molecule has 1 rings (SSSR count). The fourth-order valence-corrected chi connectivity index (χ4v) is 2.95. The van der Waals surface area contributed by atoms with Crippen molar-refractivity contribution in [2.45, 2.75) is 23.5 Å². The minimum Gasteiger partial charge on any atom is -0.307 e. The van der Waals surface area contributed by atoms with Crippen LogP contribution in [0.4, 0.5) is 5.82 Å². The summed E-state index contributed by atoms with van der Waals surface area (Å²) < 4.78 is 48.4. The van der Waals surface area contributed by atoms with E-state index >= 15 is 0 Å². The molecule has 0 saturated heterocycles. The summed E-state index contributed by atoms with van der Waals surface area (Å²) in [5, 5.41) is 0. The lowest BCUT2D eigenvalue weighted by Gasteiger charge is -2.22. The molecule has 1 aromatic rings. The molecule has 0 aliphatic carbocycles. The molecule has 114 valence electrons. The van der Waals surface area contributed by atoms with E-state index in [0.717, 1.165) is 6.26 Å². The molecule has 0 aromatic carbocycles. The van der Waals surface area contributed by atoms with Crippen molar-refractivity contribution in [1.82, 2.24) is 9.71 Å². The van der Waals surface area contributed by atoms with Crippen LogP contribution in [0.15, 0.2) is 23.2 Å². The summed E-state index contributed by atoms with van der Waals surface area (Å²) in [7, 11) is -7.32. The van der Waals surface area contributed by atoms with Gasteiger partial charge in [0, 0.05) is 19.0 Å². The van der Waals surface area contributed by atoms with Crippen LogP contribution in [0.3, 0.4) is 0 Å². The van der Waals surface area contributed by atoms with Gasteiger partial charge in [0.25, 0.3) is 0 Å². The highest BCUT2D eigenvalue weighted by molar-refractivity contribution is 7.92. The SMILES string of the molecule is CC(C)(CNS(=O)(=O)c1cccnc1NN)S(C)(=O)=O. The van der Waals surface area contributed by atoms with Gasteiger partial charge < -0.3 is 5.43 Å². The lowest BCUT2D eigenvalue weighted by molar-refractivity contribution is 0.537. The van der Waals surface area contributed by atoms with E-state index in [1.165, 1.54) is 32.2 Å². The number of nitrogens with two attached hydrogens (primary N) is 1. The van der Waals surface area contributed by atoms with Gasteiger partial charge in [-0.3, -0.25) is 0 Å². The highest BCUT2D eigenvalue weighted by Crippen LogP contribution is 2.19. The predicted octanol–water partition coefficient (Wildman–Crippen LogP) is -0.531. The van der Waals surface area contributed by atoms with Gasteiger partial charge in [0.2, 0.25) is 10.0 Å². The van der Waals surface area contributed by atoms with E-state index < -0.39 is 24.6 Å². The van der Waals surface area contributed by atoms with Crippen LogP contribution in [0.1, 0.15) is 13.8 Å². The van der Waals surface area contributed by atoms with Gasteiger partial charge in [-0.1, -0.05) is 0 Å². The molecule has 0 fully saturated rings. The number of nitrogen functional groups attached to an aromatic ring is 1. The van der Waals surface area contributed by atoms with E-state index in [0.29, 0.717) is 0 Å². The Morgan fingerprint density at radius 1 is 1.30 bits per heavy atom. The number of hydrogen-bond donors (Lipinski definition) is 3. The van der Waals surface area contributed by atoms with Crippen molar-refractivity contribution >= 4 is 25.7 Å². The van der Waals surface area contributed by atoms with Gasteiger partial charge in [-0.25, -0.2) is 32.4 Å². The van der Waals surface area contributed by atoms with E-state index in [-0.39, 0.29) is 17.3 Å². The molecule has 1 aromatic heterocycles. The predicted molar refractivity (Wildman–Crippen MR) is 76.2 cm³/mol. The number of hydrogen-bond acceptors (Lipinski definition) is 7. The number of nitrogens with one attached hydrogen (secondary N) is 2. The van der Waals surface area contributed by atoms with Crippen molar-refractivity contribution in [3.8, 4) is 0 Å². The minimum atomic E-state index is -3.92. The molecule has 0 bridgehead atoms. The van der Waals surface area contributed by atoms with E-state index in [9.17, 15) is 16.8 Å². The van der Waals surface area contributed by atoms with E-state index in [4.69, 9.17) is 5.84 Å². The van der Waals surface area contributed by atoms with Crippen molar-refractivity contribution < 1.29 is 16.8 Å². The van der Waals surface area contributed by atoms with Gasteiger partial charge in [-0.15, -0.1) is 0 Å². The second kappa shape index (κ2) is 5.64. The number of sulfone groups is 1. The van der Waals surface area contributed by atoms with Crippen molar-refractivity contribution in [1.29, 1.82) is 0 Å². The number of sulfonamides is 1. The summed E-state index contributed by atoms with van der Waals surface area (Å²) in [5.74, 6) is 5.18. The Kier molecular flexibility index (Phi) is 4.74. The zero-order chi connectivity index (χ0) is 15.6. The largest absolute Gasteiger partial charge is 0.307 e. The number of anilines is 1. The van der Waals surface area contributed by atoms with E-state index in [1.807, 2.05) is 0 Å². The fraction of sp³-hybridized carbons (Fsp3) is 0.500. The first kappa shape index (κ1) is 16.8. The molecule has 8 nitrogen and oxygen atoms in total. The van der Waals surface area contributed by atoms with Crippen LogP contribution in [-0.4, -0.2) is 39.4 Å². The second-order valence-electron chi connectivity index (χ2n) is 4.85. The minimum absolute atomic E-state index is 0.0165. The van der Waals surface area contributed by atoms with Crippen LogP contribution in [0.5, 0.6) is 0 Å². The molecule has 0 aliphatic rings. The molecule has 0 aliphatic heterocycles. The molecule has 0 radical (unpaired) electrons. The second-order valence-corrected chi connectivity index (χ2v) is 9.24. The third kappa shape index (κ3) is 3.66. The Morgan fingerprint density at radius 3 is 2.40 bits per heavy atom. The van der Waals surface area contributed by atoms with Crippen LogP contribution in [0.25, 0.3) is 0 Å². The van der Waals surface area contributed by atoms with Gasteiger partial charge in [0.05, 0.1) is 4.75 Å². The first-order valence-electron chi connectivity index (χ1n) is 5.62. The van der Waals surface area contributed by atoms with E-state index in [2.05, 4.69) is 15.1 Å². The first-order chi connectivity index (χ1) is 9.01. The zero-order valence-corrected chi connectivity index (χ0v) is 13.0. The zero-order valence-electron chi connectivity index (χ0n) is 11.4. The number of rotatable bonds is 6. The Labute approximate surface area is 118 Å². The van der Waals surface area contributed by atoms with Crippen LogP contribution in [0.2, 0.25) is 0 Å². The van der Waals surface area contributed by atoms with Gasteiger partial charge in [0.1, 0.15) is 4.90 Å². The number of pyridine rings is 1. The molecule has 10 heteroatoms. The maximum Gasteiger partial charge on any atom is 0.244 e. The lowest BCUT2D eigenvalue weighted by Crippen LogP contribution is -2.43. The van der Waals surface area contributed by atoms with Gasteiger partial charge in [0.15, 0.2) is 15.7 Å². The molecule has 0 unspecified atom stereocenters. The summed E-state index contributed by atoms with van der Waals surface area (Å²) in [5.41, 5.74) is 2.18. The van der Waals surface area contributed by atoms with Crippen molar-refractivity contribution in [3.05, 3.63) is 18.3 Å². The Bertz CT molecular complexity index is 683. The molecule has 0 saturated carbocycles. The van der Waals surface area contributed by atoms with Crippen molar-refractivity contribution in [3.63, 3.8) is 0 Å². The van der Waals surface area contributed by atoms with Crippen molar-refractivity contribution in [2.24, 2.45) is 5.84 Å². The molecule has 4 N–H and O–H groups in total. The summed E-state index contributed by atoms with van der Waals surface area (Å²) in [6.07, 6.45) is 2.44. The highest BCUT2D eigenvalue weighted by atomic mass is 32.2. The van der Waals surface area contributed by atoms with Crippen LogP contribution in [0, 0.1) is 0 Å². The molecule has 0 amide bonds. The molecule has 0 atom stereocenters. The molecule has 1 heterocycles. The highest BCUT2D eigenvalue weighted by Gasteiger charge is 2.32. The number of aromatic nitrogens is 1. The summed E-state index contributed by atoms with van der Waals surface area (Å²) >= 11 is 0. The van der Waals surface area contributed by atoms with Crippen LogP contribution >= 0.6 is 0 Å². The Hall–Kier alpha value is -1.23. The molecule has 0 spiro atoms. The van der Waals surface area contributed by atoms with Crippen LogP contribution in [-0.2, 0) is 19.9 Å². The topological polar surface area (TPSA) is 131 Å². The monoisotopic (exact) mass is 322 g/mol. The van der Waals surface area contributed by atoms with E-state index in [1.54, 1.807) is 0 Å². The van der Waals surface area contributed by atoms with Gasteiger partial charge >= 0.3 is 0 Å². The fourth-order valence-electron chi connectivity index (χ4n) is 1.19. The van der Waals surface area contributed by atoms with Crippen LogP contribution < -0.4 is 16.0 Å². The first-order valence-corrected chi connectivity index (χ1v) is 8.99. The molecule has 20 heavy (non-hydrogen) atoms. The third-order valence-corrected chi connectivity index (χ3v) is 6.47. The smallest absolute Gasteiger partial charge is 0.244 e. The summed E-state index contributed by atoms with van der Waals surface area (Å²) in [6, 6.07) is 2.76. The molecular formula is C10H18N4O4S2. The Balaban J connectivity index is 3.03. The Morgan fingerprint density at radius 2 is 1.90 bits per heavy atom. The standard InChI is InChI=1S/C10H18N4O4S2/c1-10(2,19(3,15)16)7-13-20(17,18)8-5-4-6-12-9(8)14-11/h4-6,13H,7,11H2,1-3H3,(H,12,14). The normalized spacial score (nSPS) is 13.2. The maximum atomic E-state index is 12.1. The average molecular weight is 322 g/mol. The number of hydrazine groups is 1. The van der Waals surface area contributed by atoms with Gasteiger partial charge in [-0.05, 0) is 26.0 Å². The van der Waals surface area contributed by atoms with Crippen molar-refractivity contribution in [2.75, 3.05) is 18.2 Å². The third-order valence-electron chi connectivity index (χ3n) is 2.89. The number of nitrogens with zero attached hydrogens (tertiary/aromatic N) is 1. The maximum absolute atomic E-state index is 12.1. The summed E-state index contributed by atoms with van der Waals surface area (Å²) in [4.78, 5) is 3.64. The summed E-state index contributed by atoms with van der Waals surface area (Å²) in [6.45, 7) is 2.62.